The maximum Gasteiger partial charge on any atom is 0.371 e. The van der Waals surface area contributed by atoms with Gasteiger partial charge in [0.05, 0.1) is 4.88 Å². The highest BCUT2D eigenvalue weighted by atomic mass is 32.1. The van der Waals surface area contributed by atoms with Gasteiger partial charge in [0.25, 0.3) is 0 Å². The lowest BCUT2D eigenvalue weighted by Crippen LogP contribution is -2.04. The first-order valence-corrected chi connectivity index (χ1v) is 6.60. The molecule has 0 saturated carbocycles. The van der Waals surface area contributed by atoms with Gasteiger partial charge in [-0.3, -0.25) is 9.78 Å². The van der Waals surface area contributed by atoms with E-state index in [4.69, 9.17) is 10.2 Å². The molecule has 0 spiro atoms. The summed E-state index contributed by atoms with van der Waals surface area (Å²) in [7, 11) is 0. The minimum atomic E-state index is -1.53. The first-order valence-electron chi connectivity index (χ1n) is 5.72. The van der Waals surface area contributed by atoms with Gasteiger partial charge in [0.2, 0.25) is 5.76 Å². The number of ketones is 1. The summed E-state index contributed by atoms with van der Waals surface area (Å²) in [6, 6.07) is 7.29. The van der Waals surface area contributed by atoms with Crippen LogP contribution in [0.25, 0.3) is 0 Å². The highest BCUT2D eigenvalue weighted by Gasteiger charge is 2.15. The fourth-order valence-electron chi connectivity index (χ4n) is 1.64. The number of aromatic nitrogens is 1. The molecule has 102 valence electrons. The number of carboxylic acids is 1. The summed E-state index contributed by atoms with van der Waals surface area (Å²) in [5, 5.41) is 19.4. The summed E-state index contributed by atoms with van der Waals surface area (Å²) in [5.74, 6) is -3.01. The van der Waals surface area contributed by atoms with Crippen LogP contribution in [-0.4, -0.2) is 26.9 Å². The Morgan fingerprint density at radius 2 is 2.05 bits per heavy atom. The molecule has 2 heterocycles. The largest absolute Gasteiger partial charge is 0.502 e. The second-order valence-corrected chi connectivity index (χ2v) is 4.89. The molecule has 0 atom stereocenters. The van der Waals surface area contributed by atoms with Crippen molar-refractivity contribution in [3.63, 3.8) is 0 Å². The van der Waals surface area contributed by atoms with Crippen LogP contribution in [0.5, 0.6) is 0 Å². The second kappa shape index (κ2) is 6.12. The van der Waals surface area contributed by atoms with Crippen molar-refractivity contribution < 1.29 is 19.8 Å². The SMILES string of the molecule is O=C(O)C(O)=CC(=O)c1sccc1Cc1ccccn1. The molecule has 2 aromatic rings. The predicted molar refractivity (Wildman–Crippen MR) is 74.0 cm³/mol. The monoisotopic (exact) mass is 289 g/mol. The minimum Gasteiger partial charge on any atom is -0.502 e. The summed E-state index contributed by atoms with van der Waals surface area (Å²) in [4.78, 5) is 27.0. The van der Waals surface area contributed by atoms with Crippen LogP contribution >= 0.6 is 11.3 Å². The molecule has 0 aliphatic rings. The van der Waals surface area contributed by atoms with Gasteiger partial charge in [0.1, 0.15) is 0 Å². The van der Waals surface area contributed by atoms with Crippen molar-refractivity contribution in [1.29, 1.82) is 0 Å². The number of hydrogen-bond acceptors (Lipinski definition) is 5. The Kier molecular flexibility index (Phi) is 4.27. The van der Waals surface area contributed by atoms with E-state index in [1.807, 2.05) is 12.1 Å². The fraction of sp³-hybridized carbons (Fsp3) is 0.0714. The summed E-state index contributed by atoms with van der Waals surface area (Å²) in [6.45, 7) is 0. The van der Waals surface area contributed by atoms with Crippen molar-refractivity contribution in [2.45, 2.75) is 6.42 Å². The van der Waals surface area contributed by atoms with Crippen molar-refractivity contribution in [3.8, 4) is 0 Å². The molecule has 0 fully saturated rings. The second-order valence-electron chi connectivity index (χ2n) is 3.97. The molecule has 0 aliphatic heterocycles. The number of carboxylic acid groups (broad SMARTS) is 1. The third kappa shape index (κ3) is 3.30. The first-order chi connectivity index (χ1) is 9.58. The Bertz CT molecular complexity index is 661. The quantitative estimate of drug-likeness (QED) is 0.501. The number of nitrogens with zero attached hydrogens (tertiary/aromatic N) is 1. The van der Waals surface area contributed by atoms with E-state index >= 15 is 0 Å². The van der Waals surface area contributed by atoms with E-state index in [2.05, 4.69) is 4.98 Å². The van der Waals surface area contributed by atoms with Crippen LogP contribution in [0.15, 0.2) is 47.7 Å². The zero-order valence-electron chi connectivity index (χ0n) is 10.3. The van der Waals surface area contributed by atoms with Gasteiger partial charge in [-0.2, -0.15) is 0 Å². The van der Waals surface area contributed by atoms with Crippen LogP contribution < -0.4 is 0 Å². The highest BCUT2D eigenvalue weighted by Crippen LogP contribution is 2.21. The number of carbonyl (C=O) groups is 2. The van der Waals surface area contributed by atoms with Crippen LogP contribution in [0.3, 0.4) is 0 Å². The van der Waals surface area contributed by atoms with Crippen molar-refractivity contribution in [2.75, 3.05) is 0 Å². The van der Waals surface area contributed by atoms with Crippen LogP contribution in [0.1, 0.15) is 20.9 Å². The van der Waals surface area contributed by atoms with E-state index in [1.54, 1.807) is 23.7 Å². The van der Waals surface area contributed by atoms with E-state index < -0.39 is 17.5 Å². The number of allylic oxidation sites excluding steroid dienone is 1. The van der Waals surface area contributed by atoms with Gasteiger partial charge in [-0.05, 0) is 29.1 Å². The molecular weight excluding hydrogens is 278 g/mol. The van der Waals surface area contributed by atoms with Crippen molar-refractivity contribution >= 4 is 23.1 Å². The van der Waals surface area contributed by atoms with Gasteiger partial charge in [-0.1, -0.05) is 6.07 Å². The van der Waals surface area contributed by atoms with E-state index in [0.717, 1.165) is 17.3 Å². The van der Waals surface area contributed by atoms with Crippen LogP contribution in [0.2, 0.25) is 0 Å². The number of aliphatic carboxylic acids is 1. The number of pyridine rings is 1. The first kappa shape index (κ1) is 14.0. The lowest BCUT2D eigenvalue weighted by Gasteiger charge is -2.01. The topological polar surface area (TPSA) is 87.5 Å². The fourth-order valence-corrected chi connectivity index (χ4v) is 2.48. The Morgan fingerprint density at radius 1 is 1.25 bits per heavy atom. The molecule has 0 aromatic carbocycles. The zero-order chi connectivity index (χ0) is 14.5. The van der Waals surface area contributed by atoms with E-state index in [-0.39, 0.29) is 0 Å². The van der Waals surface area contributed by atoms with Crippen molar-refractivity contribution in [1.82, 2.24) is 4.98 Å². The van der Waals surface area contributed by atoms with Crippen LogP contribution in [0.4, 0.5) is 0 Å². The van der Waals surface area contributed by atoms with Crippen LogP contribution in [-0.2, 0) is 11.2 Å². The van der Waals surface area contributed by atoms with Crippen LogP contribution in [0, 0.1) is 0 Å². The molecule has 0 bridgehead atoms. The molecule has 2 N–H and O–H groups in total. The number of thiophene rings is 1. The molecule has 5 nitrogen and oxygen atoms in total. The molecular formula is C14H11NO4S. The highest BCUT2D eigenvalue weighted by molar-refractivity contribution is 7.12. The number of aliphatic hydroxyl groups excluding tert-OH is 1. The molecule has 20 heavy (non-hydrogen) atoms. The molecule has 0 radical (unpaired) electrons. The Balaban J connectivity index is 2.23. The minimum absolute atomic E-state index is 0.406. The van der Waals surface area contributed by atoms with Gasteiger partial charge in [0.15, 0.2) is 5.78 Å². The Hall–Kier alpha value is -2.47. The number of aliphatic hydroxyl groups is 1. The number of carbonyl (C=O) groups excluding carboxylic acids is 1. The Morgan fingerprint density at radius 3 is 2.70 bits per heavy atom. The Labute approximate surface area is 118 Å². The zero-order valence-corrected chi connectivity index (χ0v) is 11.1. The van der Waals surface area contributed by atoms with E-state index in [9.17, 15) is 9.59 Å². The summed E-state index contributed by atoms with van der Waals surface area (Å²) in [6.07, 6.45) is 2.86. The summed E-state index contributed by atoms with van der Waals surface area (Å²) >= 11 is 1.20. The lowest BCUT2D eigenvalue weighted by molar-refractivity contribution is -0.135. The summed E-state index contributed by atoms with van der Waals surface area (Å²) < 4.78 is 0. The standard InChI is InChI=1S/C14H11NO4S/c16-11(8-12(17)14(18)19)13-9(4-6-20-13)7-10-3-1-2-5-15-10/h1-6,8,17H,7H2,(H,18,19). The van der Waals surface area contributed by atoms with Crippen molar-refractivity contribution in [3.05, 3.63) is 63.8 Å². The van der Waals surface area contributed by atoms with Gasteiger partial charge < -0.3 is 10.2 Å². The number of rotatable bonds is 5. The summed E-state index contributed by atoms with van der Waals surface area (Å²) in [5.41, 5.74) is 1.57. The maximum absolute atomic E-state index is 11.9. The smallest absolute Gasteiger partial charge is 0.371 e. The third-order valence-electron chi connectivity index (χ3n) is 2.56. The van der Waals surface area contributed by atoms with Gasteiger partial charge in [-0.15, -0.1) is 11.3 Å². The molecule has 0 amide bonds. The normalized spacial score (nSPS) is 11.3. The van der Waals surface area contributed by atoms with Crippen molar-refractivity contribution in [2.24, 2.45) is 0 Å². The average Bonchev–Trinajstić information content (AvgIpc) is 2.88. The van der Waals surface area contributed by atoms with Gasteiger partial charge in [0, 0.05) is 24.4 Å². The molecule has 0 unspecified atom stereocenters. The van der Waals surface area contributed by atoms with E-state index in [0.29, 0.717) is 11.3 Å². The maximum atomic E-state index is 11.9. The molecule has 2 aromatic heterocycles. The lowest BCUT2D eigenvalue weighted by atomic mass is 10.1. The van der Waals surface area contributed by atoms with Gasteiger partial charge >= 0.3 is 5.97 Å². The molecule has 0 aliphatic carbocycles. The molecule has 6 heteroatoms. The van der Waals surface area contributed by atoms with E-state index in [1.165, 1.54) is 11.3 Å². The third-order valence-corrected chi connectivity index (χ3v) is 3.53. The molecule has 2 rings (SSSR count). The van der Waals surface area contributed by atoms with Gasteiger partial charge in [-0.25, -0.2) is 4.79 Å². The predicted octanol–water partition coefficient (Wildman–Crippen LogP) is 2.44. The molecule has 0 saturated heterocycles. The average molecular weight is 289 g/mol. The number of hydrogen-bond donors (Lipinski definition) is 2.